The average molecular weight is 331 g/mol. The van der Waals surface area contributed by atoms with Crippen molar-refractivity contribution in [2.75, 3.05) is 39.0 Å². The topological polar surface area (TPSA) is 35.5 Å². The normalized spacial score (nSPS) is 18.1. The van der Waals surface area contributed by atoms with Gasteiger partial charge in [0.2, 0.25) is 0 Å². The van der Waals surface area contributed by atoms with Gasteiger partial charge in [-0.15, -0.1) is 24.2 Å². The summed E-state index contributed by atoms with van der Waals surface area (Å²) in [5.74, 6) is 0. The summed E-state index contributed by atoms with van der Waals surface area (Å²) in [7, 11) is 0. The number of benzene rings is 1. The van der Waals surface area contributed by atoms with E-state index in [0.717, 1.165) is 26.2 Å². The van der Waals surface area contributed by atoms with E-state index in [1.54, 1.807) is 11.8 Å². The van der Waals surface area contributed by atoms with Crippen molar-refractivity contribution < 1.29 is 5.11 Å². The van der Waals surface area contributed by atoms with E-state index in [9.17, 15) is 5.11 Å². The largest absolute Gasteiger partial charge is 0.396 e. The molecule has 0 bridgehead atoms. The number of hydrogen-bond donors (Lipinski definition) is 2. The number of nitrogens with one attached hydrogen (secondary N) is 1. The van der Waals surface area contributed by atoms with Gasteiger partial charge in [0.15, 0.2) is 0 Å². The Morgan fingerprint density at radius 2 is 1.81 bits per heavy atom. The highest BCUT2D eigenvalue weighted by Gasteiger charge is 2.35. The van der Waals surface area contributed by atoms with Crippen LogP contribution in [-0.2, 0) is 0 Å². The van der Waals surface area contributed by atoms with Gasteiger partial charge in [0, 0.05) is 49.1 Å². The molecule has 1 heterocycles. The zero-order chi connectivity index (χ0) is 14.6. The van der Waals surface area contributed by atoms with E-state index in [0.29, 0.717) is 0 Å². The number of aliphatic hydroxyl groups excluding tert-OH is 1. The molecule has 1 aliphatic rings. The molecule has 1 fully saturated rings. The van der Waals surface area contributed by atoms with E-state index < -0.39 is 0 Å². The van der Waals surface area contributed by atoms with E-state index >= 15 is 0 Å². The lowest BCUT2D eigenvalue weighted by Crippen LogP contribution is -2.49. The van der Waals surface area contributed by atoms with Gasteiger partial charge in [0.05, 0.1) is 0 Å². The van der Waals surface area contributed by atoms with Gasteiger partial charge < -0.3 is 10.4 Å². The van der Waals surface area contributed by atoms with Gasteiger partial charge in [0.25, 0.3) is 0 Å². The van der Waals surface area contributed by atoms with Crippen LogP contribution in [-0.4, -0.2) is 49.0 Å². The number of piperazine rings is 1. The molecule has 1 aromatic rings. The zero-order valence-corrected chi connectivity index (χ0v) is 14.8. The Morgan fingerprint density at radius 3 is 2.29 bits per heavy atom. The van der Waals surface area contributed by atoms with Crippen LogP contribution in [0.4, 0.5) is 0 Å². The highest BCUT2D eigenvalue weighted by Crippen LogP contribution is 2.38. The van der Waals surface area contributed by atoms with Gasteiger partial charge in [-0.05, 0) is 24.0 Å². The SMILES string of the molecule is CSc1ccc([C@@H](N2CCNCC2)C(C)(C)CO)cc1.Cl. The Bertz CT molecular complexity index is 419. The lowest BCUT2D eigenvalue weighted by Gasteiger charge is -2.43. The lowest BCUT2D eigenvalue weighted by molar-refractivity contribution is 0.0305. The maximum Gasteiger partial charge on any atom is 0.0500 e. The Kier molecular flexibility index (Phi) is 7.51. The average Bonchev–Trinajstić information content (AvgIpc) is 2.49. The molecule has 0 aliphatic carbocycles. The lowest BCUT2D eigenvalue weighted by atomic mass is 9.80. The molecular weight excluding hydrogens is 304 g/mol. The molecule has 120 valence electrons. The van der Waals surface area contributed by atoms with E-state index in [-0.39, 0.29) is 30.5 Å². The number of thioether (sulfide) groups is 1. The van der Waals surface area contributed by atoms with Crippen molar-refractivity contribution in [3.05, 3.63) is 29.8 Å². The van der Waals surface area contributed by atoms with E-state index in [4.69, 9.17) is 0 Å². The number of halogens is 1. The van der Waals surface area contributed by atoms with Gasteiger partial charge in [-0.2, -0.15) is 0 Å². The quantitative estimate of drug-likeness (QED) is 0.814. The highest BCUT2D eigenvalue weighted by atomic mass is 35.5. The Labute approximate surface area is 138 Å². The molecule has 0 spiro atoms. The molecule has 1 atom stereocenters. The Morgan fingerprint density at radius 1 is 1.24 bits per heavy atom. The summed E-state index contributed by atoms with van der Waals surface area (Å²) in [4.78, 5) is 3.79. The fraction of sp³-hybridized carbons (Fsp3) is 0.625. The Balaban J connectivity index is 0.00000220. The summed E-state index contributed by atoms with van der Waals surface area (Å²) < 4.78 is 0. The summed E-state index contributed by atoms with van der Waals surface area (Å²) >= 11 is 1.77. The maximum atomic E-state index is 9.81. The van der Waals surface area contributed by atoms with Crippen LogP contribution in [0.15, 0.2) is 29.2 Å². The first-order valence-electron chi connectivity index (χ1n) is 7.28. The van der Waals surface area contributed by atoms with Gasteiger partial charge in [0.1, 0.15) is 0 Å². The van der Waals surface area contributed by atoms with Crippen molar-refractivity contribution in [1.29, 1.82) is 0 Å². The smallest absolute Gasteiger partial charge is 0.0500 e. The first-order valence-corrected chi connectivity index (χ1v) is 8.50. The minimum Gasteiger partial charge on any atom is -0.396 e. The standard InChI is InChI=1S/C16H26N2OS.ClH/c1-16(2,12-19)15(18-10-8-17-9-11-18)13-4-6-14(20-3)7-5-13;/h4-7,15,17,19H,8-12H2,1-3H3;1H/t15-;/m1./s1. The fourth-order valence-electron chi connectivity index (χ4n) is 2.97. The van der Waals surface area contributed by atoms with Crippen molar-refractivity contribution >= 4 is 24.2 Å². The second kappa shape index (κ2) is 8.39. The van der Waals surface area contributed by atoms with E-state index in [1.165, 1.54) is 10.5 Å². The third-order valence-corrected chi connectivity index (χ3v) is 4.84. The van der Waals surface area contributed by atoms with Crippen LogP contribution < -0.4 is 5.32 Å². The molecule has 3 nitrogen and oxygen atoms in total. The molecule has 0 aromatic heterocycles. The van der Waals surface area contributed by atoms with Crippen LogP contribution in [0.1, 0.15) is 25.5 Å². The molecule has 0 unspecified atom stereocenters. The predicted octanol–water partition coefficient (Wildman–Crippen LogP) is 2.80. The first-order chi connectivity index (χ1) is 9.58. The third kappa shape index (κ3) is 4.60. The molecule has 0 amide bonds. The summed E-state index contributed by atoms with van der Waals surface area (Å²) in [5, 5.41) is 13.2. The minimum atomic E-state index is -0.141. The number of hydrogen-bond acceptors (Lipinski definition) is 4. The van der Waals surface area contributed by atoms with E-state index in [1.807, 2.05) is 0 Å². The first kappa shape index (κ1) is 18.8. The molecule has 0 radical (unpaired) electrons. The molecule has 2 rings (SSSR count). The molecular formula is C16H27ClN2OS. The van der Waals surface area contributed by atoms with Crippen molar-refractivity contribution in [3.8, 4) is 0 Å². The van der Waals surface area contributed by atoms with Crippen LogP contribution in [0.25, 0.3) is 0 Å². The summed E-state index contributed by atoms with van der Waals surface area (Å²) in [6.07, 6.45) is 2.10. The number of nitrogens with zero attached hydrogens (tertiary/aromatic N) is 1. The molecule has 5 heteroatoms. The van der Waals surface area contributed by atoms with Crippen LogP contribution in [0, 0.1) is 5.41 Å². The second-order valence-corrected chi connectivity index (χ2v) is 6.99. The van der Waals surface area contributed by atoms with Gasteiger partial charge >= 0.3 is 0 Å². The maximum absolute atomic E-state index is 9.81. The fourth-order valence-corrected chi connectivity index (χ4v) is 3.38. The van der Waals surface area contributed by atoms with Crippen LogP contribution in [0.2, 0.25) is 0 Å². The highest BCUT2D eigenvalue weighted by molar-refractivity contribution is 7.98. The van der Waals surface area contributed by atoms with Crippen molar-refractivity contribution in [1.82, 2.24) is 10.2 Å². The molecule has 1 aliphatic heterocycles. The summed E-state index contributed by atoms with van der Waals surface area (Å²) in [6, 6.07) is 9.07. The van der Waals surface area contributed by atoms with E-state index in [2.05, 4.69) is 54.6 Å². The molecule has 1 aromatic carbocycles. The summed E-state index contributed by atoms with van der Waals surface area (Å²) in [5.41, 5.74) is 1.17. The van der Waals surface area contributed by atoms with Crippen molar-refractivity contribution in [3.63, 3.8) is 0 Å². The third-order valence-electron chi connectivity index (χ3n) is 4.10. The van der Waals surface area contributed by atoms with Gasteiger partial charge in [-0.1, -0.05) is 26.0 Å². The molecule has 0 saturated carbocycles. The van der Waals surface area contributed by atoms with Gasteiger partial charge in [-0.3, -0.25) is 4.90 Å². The summed E-state index contributed by atoms with van der Waals surface area (Å²) in [6.45, 7) is 8.65. The molecule has 1 saturated heterocycles. The van der Waals surface area contributed by atoms with Gasteiger partial charge in [-0.25, -0.2) is 0 Å². The van der Waals surface area contributed by atoms with Crippen LogP contribution in [0.3, 0.4) is 0 Å². The van der Waals surface area contributed by atoms with Crippen molar-refractivity contribution in [2.45, 2.75) is 24.8 Å². The zero-order valence-electron chi connectivity index (χ0n) is 13.1. The minimum absolute atomic E-state index is 0. The number of aliphatic hydroxyl groups is 1. The monoisotopic (exact) mass is 330 g/mol. The molecule has 21 heavy (non-hydrogen) atoms. The van der Waals surface area contributed by atoms with Crippen LogP contribution >= 0.6 is 24.2 Å². The molecule has 2 N–H and O–H groups in total. The van der Waals surface area contributed by atoms with Crippen molar-refractivity contribution in [2.24, 2.45) is 5.41 Å². The predicted molar refractivity (Wildman–Crippen MR) is 93.5 cm³/mol. The second-order valence-electron chi connectivity index (χ2n) is 6.11. The Hall–Kier alpha value is -0.260. The number of rotatable bonds is 5. The van der Waals surface area contributed by atoms with Crippen LogP contribution in [0.5, 0.6) is 0 Å².